The first-order valence-corrected chi connectivity index (χ1v) is 17.4. The van der Waals surface area contributed by atoms with Crippen LogP contribution in [0.25, 0.3) is 21.5 Å². The Morgan fingerprint density at radius 1 is 0.490 bits per heavy atom. The number of carbonyl (C=O) groups is 2. The number of fused-ring (bicyclic) bond motifs is 2. The second kappa shape index (κ2) is 22.5. The SMILES string of the molecule is Br.Br.CN(C)C(=O)Oc1cccc2c(CCCCCCCCCCCCCCCc3nccc4c(OC(=O)N(C)C)cccc34)nccc12. The lowest BCUT2D eigenvalue weighted by molar-refractivity contribution is 0.171. The largest absolute Gasteiger partial charge is 0.414 e. The molecule has 8 nitrogen and oxygen atoms in total. The fourth-order valence-electron chi connectivity index (χ4n) is 5.95. The summed E-state index contributed by atoms with van der Waals surface area (Å²) >= 11 is 0. The van der Waals surface area contributed by atoms with E-state index >= 15 is 0 Å². The summed E-state index contributed by atoms with van der Waals surface area (Å²) in [6.45, 7) is 0. The molecule has 0 saturated heterocycles. The topological polar surface area (TPSA) is 84.9 Å². The second-order valence-corrected chi connectivity index (χ2v) is 12.8. The normalized spacial score (nSPS) is 10.7. The molecular weight excluding hydrogens is 748 g/mol. The van der Waals surface area contributed by atoms with Crippen LogP contribution < -0.4 is 9.47 Å². The zero-order valence-corrected chi connectivity index (χ0v) is 33.0. The van der Waals surface area contributed by atoms with Gasteiger partial charge in [-0.15, -0.1) is 34.0 Å². The lowest BCUT2D eigenvalue weighted by atomic mass is 10.0. The fourth-order valence-corrected chi connectivity index (χ4v) is 5.95. The Kier molecular flexibility index (Phi) is 19.2. The summed E-state index contributed by atoms with van der Waals surface area (Å²) in [5.74, 6) is 1.17. The van der Waals surface area contributed by atoms with Gasteiger partial charge in [-0.2, -0.15) is 0 Å². The van der Waals surface area contributed by atoms with Gasteiger partial charge in [0.2, 0.25) is 0 Å². The standard InChI is InChI=1S/C39H52N4O4.2BrH/c1-42(2)38(44)46-36-24-18-20-30-32(36)26-28-40-34(30)22-16-14-12-10-8-6-5-7-9-11-13-15-17-23-35-31-21-19-25-37(33(31)27-29-41-35)47-39(45)43(3)4;;/h18-21,24-29H,5-17,22-23H2,1-4H3;2*1H. The number of benzene rings is 2. The minimum absolute atomic E-state index is 0. The van der Waals surface area contributed by atoms with E-state index in [1.54, 1.807) is 28.2 Å². The first-order chi connectivity index (χ1) is 22.8. The highest BCUT2D eigenvalue weighted by Gasteiger charge is 2.13. The van der Waals surface area contributed by atoms with Crippen molar-refractivity contribution in [1.82, 2.24) is 19.8 Å². The van der Waals surface area contributed by atoms with E-state index in [9.17, 15) is 9.59 Å². The lowest BCUT2D eigenvalue weighted by Crippen LogP contribution is -2.25. The molecule has 0 aliphatic heterocycles. The molecule has 4 aromatic rings. The number of unbranched alkanes of at least 4 members (excludes halogenated alkanes) is 12. The maximum absolute atomic E-state index is 12.0. The average Bonchev–Trinajstić information content (AvgIpc) is 3.06. The van der Waals surface area contributed by atoms with Crippen molar-refractivity contribution in [2.45, 2.75) is 96.3 Å². The van der Waals surface area contributed by atoms with Gasteiger partial charge >= 0.3 is 12.2 Å². The van der Waals surface area contributed by atoms with Gasteiger partial charge < -0.3 is 19.3 Å². The number of carbonyl (C=O) groups excluding carboxylic acids is 2. The Hall–Kier alpha value is -3.24. The molecule has 49 heavy (non-hydrogen) atoms. The van der Waals surface area contributed by atoms with Gasteiger partial charge in [-0.3, -0.25) is 9.97 Å². The Morgan fingerprint density at radius 2 is 0.816 bits per heavy atom. The molecule has 0 atom stereocenters. The van der Waals surface area contributed by atoms with Crippen molar-refractivity contribution in [2.75, 3.05) is 28.2 Å². The van der Waals surface area contributed by atoms with Gasteiger partial charge in [-0.1, -0.05) is 94.9 Å². The van der Waals surface area contributed by atoms with Crippen molar-refractivity contribution >= 4 is 67.7 Å². The summed E-state index contributed by atoms with van der Waals surface area (Å²) in [5, 5.41) is 4.01. The van der Waals surface area contributed by atoms with E-state index in [-0.39, 0.29) is 46.1 Å². The van der Waals surface area contributed by atoms with Crippen LogP contribution >= 0.6 is 34.0 Å². The molecule has 0 N–H and O–H groups in total. The molecule has 0 saturated carbocycles. The molecule has 10 heteroatoms. The third kappa shape index (κ3) is 13.2. The van der Waals surface area contributed by atoms with Crippen LogP contribution in [-0.2, 0) is 12.8 Å². The van der Waals surface area contributed by atoms with Gasteiger partial charge in [-0.25, -0.2) is 9.59 Å². The van der Waals surface area contributed by atoms with E-state index in [2.05, 4.69) is 22.1 Å². The first kappa shape index (κ1) is 41.9. The summed E-state index contributed by atoms with van der Waals surface area (Å²) in [7, 11) is 6.74. The predicted octanol–water partition coefficient (Wildman–Crippen LogP) is 10.9. The van der Waals surface area contributed by atoms with Crippen LogP contribution in [0.1, 0.15) is 94.9 Å². The van der Waals surface area contributed by atoms with Crippen molar-refractivity contribution in [3.8, 4) is 11.5 Å². The van der Waals surface area contributed by atoms with Gasteiger partial charge in [0.05, 0.1) is 0 Å². The Balaban J connectivity index is 0.00000417. The number of amides is 2. The number of rotatable bonds is 18. The highest BCUT2D eigenvalue weighted by molar-refractivity contribution is 8.93. The third-order valence-corrected chi connectivity index (χ3v) is 8.65. The summed E-state index contributed by atoms with van der Waals surface area (Å²) in [6.07, 6.45) is 21.2. The molecule has 268 valence electrons. The quantitative estimate of drug-likeness (QED) is 0.0932. The Bertz CT molecular complexity index is 1480. The molecule has 2 aromatic heterocycles. The third-order valence-electron chi connectivity index (χ3n) is 8.65. The highest BCUT2D eigenvalue weighted by Crippen LogP contribution is 2.29. The van der Waals surface area contributed by atoms with Gasteiger partial charge in [0.25, 0.3) is 0 Å². The fraction of sp³-hybridized carbons (Fsp3) is 0.487. The summed E-state index contributed by atoms with van der Waals surface area (Å²) < 4.78 is 11.1. The van der Waals surface area contributed by atoms with E-state index in [4.69, 9.17) is 9.47 Å². The zero-order chi connectivity index (χ0) is 33.4. The Labute approximate surface area is 313 Å². The van der Waals surface area contributed by atoms with Crippen LogP contribution in [0.2, 0.25) is 0 Å². The molecule has 2 heterocycles. The minimum atomic E-state index is -0.374. The molecular formula is C39H54Br2N4O4. The molecule has 0 spiro atoms. The van der Waals surface area contributed by atoms with Crippen molar-refractivity contribution in [2.24, 2.45) is 0 Å². The average molecular weight is 803 g/mol. The number of pyridine rings is 2. The minimum Gasteiger partial charge on any atom is -0.410 e. The number of halogens is 2. The molecule has 0 radical (unpaired) electrons. The van der Waals surface area contributed by atoms with Crippen LogP contribution in [0.3, 0.4) is 0 Å². The van der Waals surface area contributed by atoms with E-state index in [1.165, 1.54) is 80.4 Å². The summed E-state index contributed by atoms with van der Waals surface area (Å²) in [6, 6.07) is 15.5. The van der Waals surface area contributed by atoms with E-state index in [0.717, 1.165) is 58.6 Å². The van der Waals surface area contributed by atoms with Crippen LogP contribution in [0.5, 0.6) is 11.5 Å². The number of aromatic nitrogens is 2. The monoisotopic (exact) mass is 800 g/mol. The van der Waals surface area contributed by atoms with Gasteiger partial charge in [0.15, 0.2) is 0 Å². The zero-order valence-electron chi connectivity index (χ0n) is 29.6. The number of ether oxygens (including phenoxy) is 2. The smallest absolute Gasteiger partial charge is 0.410 e. The summed E-state index contributed by atoms with van der Waals surface area (Å²) in [4.78, 5) is 36.2. The van der Waals surface area contributed by atoms with E-state index in [0.29, 0.717) is 11.5 Å². The van der Waals surface area contributed by atoms with Crippen LogP contribution in [0.4, 0.5) is 9.59 Å². The maximum Gasteiger partial charge on any atom is 0.414 e. The number of nitrogens with zero attached hydrogens (tertiary/aromatic N) is 4. The molecule has 0 bridgehead atoms. The second-order valence-electron chi connectivity index (χ2n) is 12.8. The molecule has 0 fully saturated rings. The molecule has 2 aromatic carbocycles. The molecule has 4 rings (SSSR count). The van der Waals surface area contributed by atoms with Crippen molar-refractivity contribution < 1.29 is 19.1 Å². The number of aryl methyl sites for hydroxylation is 2. The number of hydrogen-bond acceptors (Lipinski definition) is 6. The molecule has 2 amide bonds. The molecule has 0 aliphatic rings. The van der Waals surface area contributed by atoms with Crippen LogP contribution in [-0.4, -0.2) is 60.1 Å². The van der Waals surface area contributed by atoms with E-state index < -0.39 is 0 Å². The van der Waals surface area contributed by atoms with Crippen LogP contribution in [0, 0.1) is 0 Å². The first-order valence-electron chi connectivity index (χ1n) is 17.4. The summed E-state index contributed by atoms with van der Waals surface area (Å²) in [5.41, 5.74) is 2.16. The lowest BCUT2D eigenvalue weighted by Gasteiger charge is -2.13. The number of hydrogen-bond donors (Lipinski definition) is 0. The maximum atomic E-state index is 12.0. The van der Waals surface area contributed by atoms with Crippen LogP contribution in [0.15, 0.2) is 60.9 Å². The predicted molar refractivity (Wildman–Crippen MR) is 211 cm³/mol. The van der Waals surface area contributed by atoms with Crippen molar-refractivity contribution in [3.05, 3.63) is 72.3 Å². The van der Waals surface area contributed by atoms with E-state index in [1.807, 2.05) is 48.8 Å². The molecule has 0 aliphatic carbocycles. The van der Waals surface area contributed by atoms with Crippen molar-refractivity contribution in [3.63, 3.8) is 0 Å². The Morgan fingerprint density at radius 3 is 1.14 bits per heavy atom. The van der Waals surface area contributed by atoms with Gasteiger partial charge in [0.1, 0.15) is 11.5 Å². The van der Waals surface area contributed by atoms with Crippen molar-refractivity contribution in [1.29, 1.82) is 0 Å². The van der Waals surface area contributed by atoms with Gasteiger partial charge in [-0.05, 0) is 49.9 Å². The highest BCUT2D eigenvalue weighted by atomic mass is 79.9. The molecule has 0 unspecified atom stereocenters. The van der Waals surface area contributed by atoms with Gasteiger partial charge in [0, 0.05) is 73.5 Å².